The monoisotopic (exact) mass is 712 g/mol. The molecule has 0 unspecified atom stereocenters. The number of anilines is 2. The van der Waals surface area contributed by atoms with Gasteiger partial charge in [-0.15, -0.1) is 0 Å². The maximum atomic E-state index is 16.1. The van der Waals surface area contributed by atoms with Gasteiger partial charge in [-0.3, -0.25) is 0 Å². The summed E-state index contributed by atoms with van der Waals surface area (Å²) in [7, 11) is 3.27. The van der Waals surface area contributed by atoms with Crippen molar-refractivity contribution in [2.24, 2.45) is 0 Å². The fourth-order valence-corrected chi connectivity index (χ4v) is 6.28. The lowest BCUT2D eigenvalue weighted by Crippen LogP contribution is -2.50. The lowest BCUT2D eigenvalue weighted by Gasteiger charge is -2.36. The van der Waals surface area contributed by atoms with Crippen molar-refractivity contribution >= 4 is 40.2 Å². The molecule has 3 aromatic carbocycles. The molecule has 1 saturated heterocycles. The van der Waals surface area contributed by atoms with Crippen LogP contribution in [0.1, 0.15) is 37.5 Å². The van der Waals surface area contributed by atoms with E-state index in [0.29, 0.717) is 72.6 Å². The second-order valence-corrected chi connectivity index (χ2v) is 13.9. The van der Waals surface area contributed by atoms with E-state index < -0.39 is 11.4 Å². The third-order valence-corrected chi connectivity index (χ3v) is 9.02. The van der Waals surface area contributed by atoms with E-state index in [1.54, 1.807) is 44.2 Å². The van der Waals surface area contributed by atoms with Gasteiger partial charge in [0.15, 0.2) is 5.82 Å². The molecule has 1 aliphatic rings. The SMILES string of the molecule is COc1ccc(CN(Cc2ccc(OC)cc2)c2cc(C)c(F)c(-c3cc4ncnc(N5CCN(C(=O)OC(C)(C)C)CC5)c4cc3Cl)n2)cc1. The number of carbonyl (C=O) groups excluding carboxylic acids is 1. The molecule has 0 saturated carbocycles. The third kappa shape index (κ3) is 8.26. The highest BCUT2D eigenvalue weighted by atomic mass is 35.5. The van der Waals surface area contributed by atoms with Crippen LogP contribution in [0.15, 0.2) is 73.1 Å². The molecule has 0 N–H and O–H groups in total. The Labute approximate surface area is 302 Å². The van der Waals surface area contributed by atoms with Crippen LogP contribution in [-0.4, -0.2) is 71.9 Å². The molecular formula is C39H42ClFN6O4. The van der Waals surface area contributed by atoms with Crippen LogP contribution < -0.4 is 19.3 Å². The van der Waals surface area contributed by atoms with E-state index in [1.807, 2.05) is 69.3 Å². The molecular weight excluding hydrogens is 671 g/mol. The number of aromatic nitrogens is 3. The lowest BCUT2D eigenvalue weighted by molar-refractivity contribution is 0.0240. The number of pyridine rings is 1. The molecule has 12 heteroatoms. The van der Waals surface area contributed by atoms with Gasteiger partial charge >= 0.3 is 6.09 Å². The first-order valence-corrected chi connectivity index (χ1v) is 17.2. The summed E-state index contributed by atoms with van der Waals surface area (Å²) in [6, 6.07) is 21.0. The number of halogens is 2. The Balaban J connectivity index is 1.32. The van der Waals surface area contributed by atoms with Crippen LogP contribution in [0, 0.1) is 12.7 Å². The molecule has 3 heterocycles. The topological polar surface area (TPSA) is 93.2 Å². The van der Waals surface area contributed by atoms with E-state index in [0.717, 1.165) is 28.0 Å². The third-order valence-electron chi connectivity index (χ3n) is 8.70. The summed E-state index contributed by atoms with van der Waals surface area (Å²) in [6.07, 6.45) is 1.16. The summed E-state index contributed by atoms with van der Waals surface area (Å²) < 4.78 is 32.3. The van der Waals surface area contributed by atoms with Crippen molar-refractivity contribution in [3.63, 3.8) is 0 Å². The number of nitrogens with zero attached hydrogens (tertiary/aromatic N) is 6. The van der Waals surface area contributed by atoms with Gasteiger partial charge in [-0.2, -0.15) is 0 Å². The Hall–Kier alpha value is -5.16. The first kappa shape index (κ1) is 35.7. The molecule has 0 aliphatic carbocycles. The summed E-state index contributed by atoms with van der Waals surface area (Å²) in [5.41, 5.74) is 3.11. The molecule has 1 aliphatic heterocycles. The van der Waals surface area contributed by atoms with E-state index in [4.69, 9.17) is 30.8 Å². The Morgan fingerprint density at radius 3 is 2.02 bits per heavy atom. The molecule has 1 amide bonds. The molecule has 0 spiro atoms. The first-order chi connectivity index (χ1) is 24.4. The number of amides is 1. The predicted octanol–water partition coefficient (Wildman–Crippen LogP) is 8.07. The van der Waals surface area contributed by atoms with Crippen molar-refractivity contribution in [2.45, 2.75) is 46.4 Å². The Morgan fingerprint density at radius 2 is 1.47 bits per heavy atom. The molecule has 2 aromatic heterocycles. The summed E-state index contributed by atoms with van der Waals surface area (Å²) in [4.78, 5) is 32.6. The molecule has 5 aromatic rings. The zero-order chi connectivity index (χ0) is 36.3. The van der Waals surface area contributed by atoms with Crippen LogP contribution in [0.4, 0.5) is 20.8 Å². The fourth-order valence-electron chi connectivity index (χ4n) is 6.02. The van der Waals surface area contributed by atoms with Gasteiger partial charge in [0.2, 0.25) is 0 Å². The van der Waals surface area contributed by atoms with E-state index >= 15 is 4.39 Å². The number of hydrogen-bond acceptors (Lipinski definition) is 9. The Morgan fingerprint density at radius 1 is 0.882 bits per heavy atom. The van der Waals surface area contributed by atoms with Crippen molar-refractivity contribution in [1.29, 1.82) is 0 Å². The number of benzene rings is 3. The second-order valence-electron chi connectivity index (χ2n) is 13.5. The average Bonchev–Trinajstić information content (AvgIpc) is 3.12. The normalized spacial score (nSPS) is 13.3. The van der Waals surface area contributed by atoms with E-state index in [-0.39, 0.29) is 11.8 Å². The van der Waals surface area contributed by atoms with Gasteiger partial charge in [0, 0.05) is 50.2 Å². The largest absolute Gasteiger partial charge is 0.497 e. The van der Waals surface area contributed by atoms with Gasteiger partial charge in [-0.25, -0.2) is 24.1 Å². The molecule has 1 fully saturated rings. The zero-order valence-corrected chi connectivity index (χ0v) is 30.5. The van der Waals surface area contributed by atoms with Gasteiger partial charge in [-0.05, 0) is 86.8 Å². The maximum Gasteiger partial charge on any atom is 0.410 e. The average molecular weight is 713 g/mol. The summed E-state index contributed by atoms with van der Waals surface area (Å²) in [6.45, 7) is 10.4. The van der Waals surface area contributed by atoms with Gasteiger partial charge in [-0.1, -0.05) is 35.9 Å². The van der Waals surface area contributed by atoms with Gasteiger partial charge in [0.1, 0.15) is 40.8 Å². The van der Waals surface area contributed by atoms with Crippen LogP contribution in [0.3, 0.4) is 0 Å². The van der Waals surface area contributed by atoms with Gasteiger partial charge < -0.3 is 28.9 Å². The first-order valence-electron chi connectivity index (χ1n) is 16.8. The highest BCUT2D eigenvalue weighted by Gasteiger charge is 2.28. The maximum absolute atomic E-state index is 16.1. The Kier molecular flexibility index (Phi) is 10.5. The lowest BCUT2D eigenvalue weighted by atomic mass is 10.0. The van der Waals surface area contributed by atoms with Crippen LogP contribution in [-0.2, 0) is 17.8 Å². The summed E-state index contributed by atoms with van der Waals surface area (Å²) in [5, 5.41) is 1.05. The van der Waals surface area contributed by atoms with Crippen molar-refractivity contribution < 1.29 is 23.4 Å². The highest BCUT2D eigenvalue weighted by molar-refractivity contribution is 6.34. The second kappa shape index (κ2) is 15.0. The quantitative estimate of drug-likeness (QED) is 0.150. The molecule has 51 heavy (non-hydrogen) atoms. The van der Waals surface area contributed by atoms with Crippen molar-refractivity contribution in [3.8, 4) is 22.8 Å². The number of aryl methyl sites for hydroxylation is 1. The van der Waals surface area contributed by atoms with E-state index in [1.165, 1.54) is 6.33 Å². The van der Waals surface area contributed by atoms with Crippen LogP contribution in [0.25, 0.3) is 22.2 Å². The number of methoxy groups -OCH3 is 2. The number of fused-ring (bicyclic) bond motifs is 1. The summed E-state index contributed by atoms with van der Waals surface area (Å²) in [5.74, 6) is 2.36. The molecule has 266 valence electrons. The highest BCUT2D eigenvalue weighted by Crippen LogP contribution is 2.37. The van der Waals surface area contributed by atoms with Gasteiger partial charge in [0.25, 0.3) is 0 Å². The fraction of sp³-hybridized carbons (Fsp3) is 0.333. The van der Waals surface area contributed by atoms with Crippen LogP contribution in [0.5, 0.6) is 11.5 Å². The van der Waals surface area contributed by atoms with Crippen molar-refractivity contribution in [1.82, 2.24) is 19.9 Å². The van der Waals surface area contributed by atoms with Crippen LogP contribution >= 0.6 is 11.6 Å². The molecule has 6 rings (SSSR count). The number of piperazine rings is 1. The van der Waals surface area contributed by atoms with E-state index in [2.05, 4.69) is 19.8 Å². The molecule has 0 atom stereocenters. The molecule has 0 bridgehead atoms. The minimum Gasteiger partial charge on any atom is -0.497 e. The minimum atomic E-state index is -0.566. The van der Waals surface area contributed by atoms with Crippen molar-refractivity contribution in [2.75, 3.05) is 50.2 Å². The Bertz CT molecular complexity index is 1960. The zero-order valence-electron chi connectivity index (χ0n) is 29.7. The molecule has 10 nitrogen and oxygen atoms in total. The van der Waals surface area contributed by atoms with Crippen LogP contribution in [0.2, 0.25) is 5.02 Å². The smallest absolute Gasteiger partial charge is 0.410 e. The minimum absolute atomic E-state index is 0.137. The standard InChI is InChI=1S/C39H42ClFN6O4/c1-25-19-34(47(22-26-7-11-28(49-5)12-8-26)23-27-9-13-29(50-6)14-10-27)44-36(35(25)41)30-21-33-31(20-32(30)40)37(43-24-42-33)45-15-17-46(18-16-45)38(48)51-39(2,3)4/h7-14,19-21,24H,15-18,22-23H2,1-6H3. The number of carbonyl (C=O) groups is 1. The molecule has 0 radical (unpaired) electrons. The summed E-state index contributed by atoms with van der Waals surface area (Å²) >= 11 is 6.96. The van der Waals surface area contributed by atoms with Gasteiger partial charge in [0.05, 0.1) is 24.8 Å². The van der Waals surface area contributed by atoms with E-state index in [9.17, 15) is 4.79 Å². The number of ether oxygens (including phenoxy) is 3. The number of rotatable bonds is 9. The van der Waals surface area contributed by atoms with Crippen molar-refractivity contribution in [3.05, 3.63) is 101 Å². The predicted molar refractivity (Wildman–Crippen MR) is 198 cm³/mol. The number of hydrogen-bond donors (Lipinski definition) is 0.